The Hall–Kier alpha value is -3.64. The molecule has 0 radical (unpaired) electrons. The molecule has 1 fully saturated rings. The van der Waals surface area contributed by atoms with Crippen LogP contribution in [0.4, 0.5) is 5.69 Å². The van der Waals surface area contributed by atoms with Crippen LogP contribution in [-0.4, -0.2) is 38.4 Å². The first kappa shape index (κ1) is 19.1. The van der Waals surface area contributed by atoms with Crippen molar-refractivity contribution in [1.82, 2.24) is 20.2 Å². The summed E-state index contributed by atoms with van der Waals surface area (Å²) in [7, 11) is 0. The number of nitrogens with zero attached hydrogens (tertiary/aromatic N) is 3. The van der Waals surface area contributed by atoms with Gasteiger partial charge in [0.15, 0.2) is 5.82 Å². The number of H-pyrrole nitrogens is 2. The van der Waals surface area contributed by atoms with Crippen molar-refractivity contribution >= 4 is 27.6 Å². The molecule has 0 saturated carbocycles. The van der Waals surface area contributed by atoms with Gasteiger partial charge in [0.2, 0.25) is 0 Å². The van der Waals surface area contributed by atoms with E-state index in [-0.39, 0.29) is 0 Å². The van der Waals surface area contributed by atoms with E-state index >= 15 is 0 Å². The molecule has 5 aromatic rings. The zero-order valence-electron chi connectivity index (χ0n) is 18.0. The molecule has 3 heterocycles. The molecule has 3 aromatic carbocycles. The number of anilines is 1. The third kappa shape index (κ3) is 3.15. The number of aliphatic hydroxyl groups is 1. The van der Waals surface area contributed by atoms with Crippen molar-refractivity contribution in [3.63, 3.8) is 0 Å². The van der Waals surface area contributed by atoms with Gasteiger partial charge in [-0.3, -0.25) is 5.10 Å². The van der Waals surface area contributed by atoms with Crippen LogP contribution in [0, 0.1) is 6.92 Å². The van der Waals surface area contributed by atoms with Gasteiger partial charge in [-0.1, -0.05) is 42.0 Å². The van der Waals surface area contributed by atoms with E-state index in [1.807, 2.05) is 30.3 Å². The fourth-order valence-corrected chi connectivity index (χ4v) is 4.79. The second-order valence-corrected chi connectivity index (χ2v) is 8.79. The third-order valence-electron chi connectivity index (χ3n) is 6.68. The van der Waals surface area contributed by atoms with Gasteiger partial charge in [0.05, 0.1) is 22.2 Å². The molecular formula is C26H25N5O. The maximum absolute atomic E-state index is 11.1. The van der Waals surface area contributed by atoms with E-state index in [1.165, 1.54) is 5.56 Å². The number of aromatic amines is 2. The van der Waals surface area contributed by atoms with Crippen LogP contribution in [0.2, 0.25) is 0 Å². The monoisotopic (exact) mass is 423 g/mol. The van der Waals surface area contributed by atoms with Crippen molar-refractivity contribution < 1.29 is 5.11 Å². The lowest BCUT2D eigenvalue weighted by molar-refractivity contribution is 0.0118. The molecule has 1 saturated heterocycles. The van der Waals surface area contributed by atoms with Crippen molar-refractivity contribution in [2.24, 2.45) is 0 Å². The Morgan fingerprint density at radius 1 is 0.938 bits per heavy atom. The SMILES string of the molecule is Cc1ccc2[nH]nc(-c3nc4ccc(N5CCC(O)(c6ccccc6)CC5)cc4[nH]3)c2c1. The molecule has 160 valence electrons. The van der Waals surface area contributed by atoms with E-state index in [9.17, 15) is 5.11 Å². The molecular weight excluding hydrogens is 398 g/mol. The highest BCUT2D eigenvalue weighted by Gasteiger charge is 2.34. The fraction of sp³-hybridized carbons (Fsp3) is 0.231. The Bertz CT molecular complexity index is 1410. The summed E-state index contributed by atoms with van der Waals surface area (Å²) in [5.41, 5.74) is 6.36. The minimum absolute atomic E-state index is 0.710. The Morgan fingerprint density at radius 2 is 1.75 bits per heavy atom. The van der Waals surface area contributed by atoms with Crippen molar-refractivity contribution in [3.8, 4) is 11.5 Å². The van der Waals surface area contributed by atoms with Crippen LogP contribution >= 0.6 is 0 Å². The van der Waals surface area contributed by atoms with E-state index < -0.39 is 5.60 Å². The minimum atomic E-state index is -0.748. The van der Waals surface area contributed by atoms with Gasteiger partial charge in [-0.05, 0) is 55.7 Å². The van der Waals surface area contributed by atoms with Gasteiger partial charge in [0.1, 0.15) is 5.69 Å². The average molecular weight is 424 g/mol. The number of nitrogens with one attached hydrogen (secondary N) is 2. The molecule has 0 spiro atoms. The summed E-state index contributed by atoms with van der Waals surface area (Å²) in [6, 6.07) is 22.6. The molecule has 6 rings (SSSR count). The van der Waals surface area contributed by atoms with E-state index in [0.29, 0.717) is 12.8 Å². The number of piperidine rings is 1. The quantitative estimate of drug-likeness (QED) is 0.385. The summed E-state index contributed by atoms with van der Waals surface area (Å²) in [4.78, 5) is 10.6. The lowest BCUT2D eigenvalue weighted by Gasteiger charge is -2.39. The number of imidazole rings is 1. The second kappa shape index (κ2) is 7.21. The number of rotatable bonds is 3. The summed E-state index contributed by atoms with van der Waals surface area (Å²) >= 11 is 0. The van der Waals surface area contributed by atoms with Gasteiger partial charge >= 0.3 is 0 Å². The lowest BCUT2D eigenvalue weighted by atomic mass is 9.84. The van der Waals surface area contributed by atoms with Crippen LogP contribution in [0.3, 0.4) is 0 Å². The van der Waals surface area contributed by atoms with Crippen molar-refractivity contribution in [3.05, 3.63) is 77.9 Å². The highest BCUT2D eigenvalue weighted by molar-refractivity contribution is 5.93. The summed E-state index contributed by atoms with van der Waals surface area (Å²) in [6.07, 6.45) is 1.42. The van der Waals surface area contributed by atoms with E-state index in [2.05, 4.69) is 63.4 Å². The van der Waals surface area contributed by atoms with Crippen LogP contribution in [-0.2, 0) is 5.60 Å². The molecule has 1 aliphatic heterocycles. The Morgan fingerprint density at radius 3 is 2.56 bits per heavy atom. The van der Waals surface area contributed by atoms with Crippen LogP contribution in [0.15, 0.2) is 66.7 Å². The number of hydrogen-bond donors (Lipinski definition) is 3. The van der Waals surface area contributed by atoms with E-state index in [4.69, 9.17) is 4.98 Å². The Balaban J connectivity index is 1.28. The number of benzene rings is 3. The van der Waals surface area contributed by atoms with Crippen LogP contribution in [0.5, 0.6) is 0 Å². The van der Waals surface area contributed by atoms with E-state index in [0.717, 1.165) is 57.8 Å². The predicted octanol–water partition coefficient (Wildman–Crippen LogP) is 4.90. The molecule has 0 atom stereocenters. The summed E-state index contributed by atoms with van der Waals surface area (Å²) in [6.45, 7) is 3.70. The fourth-order valence-electron chi connectivity index (χ4n) is 4.79. The normalized spacial score (nSPS) is 16.1. The number of aryl methyl sites for hydroxylation is 1. The first-order valence-electron chi connectivity index (χ1n) is 11.1. The number of aromatic nitrogens is 4. The standard InChI is InChI=1S/C26H25N5O/c1-17-7-9-21-20(15-17)24(30-29-21)25-27-22-10-8-19(16-23(22)28-25)31-13-11-26(32,12-14-31)18-5-3-2-4-6-18/h2-10,15-16,32H,11-14H2,1H3,(H,27,28)(H,29,30). The van der Waals surface area contributed by atoms with Crippen molar-refractivity contribution in [1.29, 1.82) is 0 Å². The van der Waals surface area contributed by atoms with Crippen LogP contribution in [0.1, 0.15) is 24.0 Å². The van der Waals surface area contributed by atoms with Crippen LogP contribution in [0.25, 0.3) is 33.5 Å². The van der Waals surface area contributed by atoms with Gasteiger partial charge in [0.25, 0.3) is 0 Å². The zero-order chi connectivity index (χ0) is 21.7. The van der Waals surface area contributed by atoms with E-state index in [1.54, 1.807) is 0 Å². The first-order valence-corrected chi connectivity index (χ1v) is 11.1. The molecule has 3 N–H and O–H groups in total. The van der Waals surface area contributed by atoms with Gasteiger partial charge in [-0.2, -0.15) is 5.10 Å². The molecule has 0 aliphatic carbocycles. The smallest absolute Gasteiger partial charge is 0.159 e. The highest BCUT2D eigenvalue weighted by atomic mass is 16.3. The topological polar surface area (TPSA) is 80.8 Å². The van der Waals surface area contributed by atoms with Crippen molar-refractivity contribution in [2.45, 2.75) is 25.4 Å². The molecule has 2 aromatic heterocycles. The van der Waals surface area contributed by atoms with Crippen LogP contribution < -0.4 is 4.90 Å². The van der Waals surface area contributed by atoms with Gasteiger partial charge < -0.3 is 15.0 Å². The average Bonchev–Trinajstić information content (AvgIpc) is 3.43. The molecule has 0 amide bonds. The van der Waals surface area contributed by atoms with Gasteiger partial charge in [0, 0.05) is 24.2 Å². The molecule has 32 heavy (non-hydrogen) atoms. The maximum atomic E-state index is 11.1. The van der Waals surface area contributed by atoms with Crippen molar-refractivity contribution in [2.75, 3.05) is 18.0 Å². The molecule has 6 heteroatoms. The Kier molecular flexibility index (Phi) is 4.30. The Labute approximate surface area is 185 Å². The molecule has 0 unspecified atom stereocenters. The first-order chi connectivity index (χ1) is 15.6. The molecule has 6 nitrogen and oxygen atoms in total. The summed E-state index contributed by atoms with van der Waals surface area (Å²) < 4.78 is 0. The maximum Gasteiger partial charge on any atom is 0.159 e. The van der Waals surface area contributed by atoms with Gasteiger partial charge in [-0.15, -0.1) is 0 Å². The third-order valence-corrected chi connectivity index (χ3v) is 6.68. The zero-order valence-corrected chi connectivity index (χ0v) is 18.0. The lowest BCUT2D eigenvalue weighted by Crippen LogP contribution is -2.42. The highest BCUT2D eigenvalue weighted by Crippen LogP contribution is 2.35. The predicted molar refractivity (Wildman–Crippen MR) is 128 cm³/mol. The largest absolute Gasteiger partial charge is 0.385 e. The van der Waals surface area contributed by atoms with Gasteiger partial charge in [-0.25, -0.2) is 4.98 Å². The minimum Gasteiger partial charge on any atom is -0.385 e. The second-order valence-electron chi connectivity index (χ2n) is 8.79. The number of fused-ring (bicyclic) bond motifs is 2. The number of hydrogen-bond acceptors (Lipinski definition) is 4. The summed E-state index contributed by atoms with van der Waals surface area (Å²) in [5, 5.41) is 19.8. The molecule has 1 aliphatic rings. The molecule has 0 bridgehead atoms. The summed E-state index contributed by atoms with van der Waals surface area (Å²) in [5.74, 6) is 0.770.